The maximum Gasteiger partial charge on any atom is 0.264 e. The highest BCUT2D eigenvalue weighted by Gasteiger charge is 2.35. The number of benzene rings is 4. The Hall–Kier alpha value is -3.56. The van der Waals surface area contributed by atoms with Gasteiger partial charge in [0.1, 0.15) is 12.6 Å². The van der Waals surface area contributed by atoms with Gasteiger partial charge in [0.15, 0.2) is 0 Å². The molecule has 0 aliphatic carbocycles. The highest BCUT2D eigenvalue weighted by atomic mass is 35.5. The Balaban J connectivity index is 1.82. The predicted molar refractivity (Wildman–Crippen MR) is 186 cm³/mol. The van der Waals surface area contributed by atoms with Crippen molar-refractivity contribution in [3.8, 4) is 0 Å². The Morgan fingerprint density at radius 2 is 1.50 bits per heavy atom. The van der Waals surface area contributed by atoms with Gasteiger partial charge in [0.05, 0.1) is 20.6 Å². The van der Waals surface area contributed by atoms with Gasteiger partial charge < -0.3 is 10.2 Å². The summed E-state index contributed by atoms with van der Waals surface area (Å²) in [4.78, 5) is 29.9. The standard InChI is InChI=1S/C35H36Cl3N3O4S/c1-3-4-19-39-35(43)33(21-26-11-7-5-8-12-26)40(23-27-16-18-30(37)31(38)20-27)34(42)24-41(32-22-28(36)17-15-25(32)2)46(44,45)29-13-9-6-10-14-29/h5-18,20,22,33H,3-4,19,21,23-24H2,1-2H3,(H,39,43). The molecule has 4 aromatic rings. The molecule has 242 valence electrons. The van der Waals surface area contributed by atoms with E-state index in [1.54, 1.807) is 55.5 Å². The van der Waals surface area contributed by atoms with Crippen LogP contribution in [0.5, 0.6) is 0 Å². The monoisotopic (exact) mass is 699 g/mol. The molecule has 1 N–H and O–H groups in total. The van der Waals surface area contributed by atoms with Gasteiger partial charge in [0.25, 0.3) is 10.0 Å². The Bertz CT molecular complexity index is 1760. The van der Waals surface area contributed by atoms with Crippen LogP contribution in [0.1, 0.15) is 36.5 Å². The second-order valence-corrected chi connectivity index (χ2v) is 14.0. The van der Waals surface area contributed by atoms with E-state index >= 15 is 0 Å². The number of rotatable bonds is 14. The van der Waals surface area contributed by atoms with Crippen LogP contribution in [0.15, 0.2) is 102 Å². The number of nitrogens with zero attached hydrogens (tertiary/aromatic N) is 2. The number of unbranched alkanes of at least 4 members (excludes halogenated alkanes) is 1. The molecule has 0 saturated carbocycles. The van der Waals surface area contributed by atoms with E-state index in [0.717, 1.165) is 22.7 Å². The van der Waals surface area contributed by atoms with Gasteiger partial charge in [0.2, 0.25) is 11.8 Å². The molecule has 0 spiro atoms. The molecule has 0 heterocycles. The Labute approximate surface area is 286 Å². The molecule has 4 aromatic carbocycles. The minimum Gasteiger partial charge on any atom is -0.354 e. The molecular weight excluding hydrogens is 665 g/mol. The van der Waals surface area contributed by atoms with Gasteiger partial charge in [-0.05, 0) is 66.4 Å². The Morgan fingerprint density at radius 1 is 0.826 bits per heavy atom. The van der Waals surface area contributed by atoms with Gasteiger partial charge in [0, 0.05) is 24.5 Å². The summed E-state index contributed by atoms with van der Waals surface area (Å²) in [5.41, 5.74) is 2.32. The molecule has 46 heavy (non-hydrogen) atoms. The quantitative estimate of drug-likeness (QED) is 0.137. The van der Waals surface area contributed by atoms with Crippen LogP contribution in [-0.4, -0.2) is 44.3 Å². The van der Waals surface area contributed by atoms with Crippen molar-refractivity contribution in [2.45, 2.75) is 50.6 Å². The Morgan fingerprint density at radius 3 is 2.15 bits per heavy atom. The zero-order valence-corrected chi connectivity index (χ0v) is 28.7. The van der Waals surface area contributed by atoms with Crippen LogP contribution in [0.4, 0.5) is 5.69 Å². The van der Waals surface area contributed by atoms with Gasteiger partial charge in [-0.2, -0.15) is 0 Å². The lowest BCUT2D eigenvalue weighted by molar-refractivity contribution is -0.140. The van der Waals surface area contributed by atoms with E-state index in [4.69, 9.17) is 34.8 Å². The van der Waals surface area contributed by atoms with E-state index in [2.05, 4.69) is 5.32 Å². The molecule has 1 atom stereocenters. The molecule has 1 unspecified atom stereocenters. The summed E-state index contributed by atoms with van der Waals surface area (Å²) >= 11 is 18.9. The van der Waals surface area contributed by atoms with Crippen LogP contribution in [0.2, 0.25) is 15.1 Å². The summed E-state index contributed by atoms with van der Waals surface area (Å²) in [6.07, 6.45) is 1.84. The third-order valence-electron chi connectivity index (χ3n) is 7.49. The zero-order chi connectivity index (χ0) is 33.3. The van der Waals surface area contributed by atoms with Crippen molar-refractivity contribution in [1.82, 2.24) is 10.2 Å². The molecule has 0 aromatic heterocycles. The third-order valence-corrected chi connectivity index (χ3v) is 10.2. The van der Waals surface area contributed by atoms with Crippen LogP contribution in [0.3, 0.4) is 0 Å². The first-order valence-corrected chi connectivity index (χ1v) is 17.5. The maximum atomic E-state index is 14.6. The average Bonchev–Trinajstić information content (AvgIpc) is 3.05. The van der Waals surface area contributed by atoms with E-state index in [9.17, 15) is 18.0 Å². The molecule has 0 aliphatic heterocycles. The minimum absolute atomic E-state index is 0.0105. The summed E-state index contributed by atoms with van der Waals surface area (Å²) in [5, 5.41) is 3.92. The number of aryl methyl sites for hydroxylation is 1. The van der Waals surface area contributed by atoms with E-state index in [0.29, 0.717) is 32.7 Å². The molecular formula is C35H36Cl3N3O4S. The lowest BCUT2D eigenvalue weighted by Gasteiger charge is -2.34. The maximum absolute atomic E-state index is 14.6. The molecule has 0 radical (unpaired) electrons. The van der Waals surface area contributed by atoms with Gasteiger partial charge in [-0.3, -0.25) is 13.9 Å². The average molecular weight is 701 g/mol. The van der Waals surface area contributed by atoms with Gasteiger partial charge >= 0.3 is 0 Å². The number of hydrogen-bond donors (Lipinski definition) is 1. The third kappa shape index (κ3) is 9.04. The highest BCUT2D eigenvalue weighted by Crippen LogP contribution is 2.30. The van der Waals surface area contributed by atoms with Crippen LogP contribution in [0, 0.1) is 6.92 Å². The van der Waals surface area contributed by atoms with Crippen molar-refractivity contribution in [2.24, 2.45) is 0 Å². The van der Waals surface area contributed by atoms with Crippen molar-refractivity contribution < 1.29 is 18.0 Å². The molecule has 4 rings (SSSR count). The first-order chi connectivity index (χ1) is 22.0. The number of halogens is 3. The number of carbonyl (C=O) groups is 2. The first kappa shape index (κ1) is 35.3. The number of anilines is 1. The van der Waals surface area contributed by atoms with Gasteiger partial charge in [-0.1, -0.05) is 109 Å². The van der Waals surface area contributed by atoms with Crippen molar-refractivity contribution in [1.29, 1.82) is 0 Å². The number of sulfonamides is 1. The van der Waals surface area contributed by atoms with E-state index in [1.165, 1.54) is 23.1 Å². The number of amides is 2. The van der Waals surface area contributed by atoms with Crippen LogP contribution < -0.4 is 9.62 Å². The predicted octanol–water partition coefficient (Wildman–Crippen LogP) is 7.71. The molecule has 2 amide bonds. The van der Waals surface area contributed by atoms with Crippen LogP contribution >= 0.6 is 34.8 Å². The molecule has 11 heteroatoms. The van der Waals surface area contributed by atoms with Gasteiger partial charge in [-0.25, -0.2) is 8.42 Å². The smallest absolute Gasteiger partial charge is 0.264 e. The fraction of sp³-hybridized carbons (Fsp3) is 0.257. The van der Waals surface area contributed by atoms with Crippen molar-refractivity contribution in [3.63, 3.8) is 0 Å². The minimum atomic E-state index is -4.24. The number of nitrogens with one attached hydrogen (secondary N) is 1. The molecule has 0 fully saturated rings. The first-order valence-electron chi connectivity index (χ1n) is 14.9. The van der Waals surface area contributed by atoms with E-state index in [-0.39, 0.29) is 29.5 Å². The Kier molecular flexibility index (Phi) is 12.5. The molecule has 7 nitrogen and oxygen atoms in total. The largest absolute Gasteiger partial charge is 0.354 e. The zero-order valence-electron chi connectivity index (χ0n) is 25.6. The van der Waals surface area contributed by atoms with E-state index in [1.807, 2.05) is 37.3 Å². The van der Waals surface area contributed by atoms with Crippen molar-refractivity contribution in [2.75, 3.05) is 17.4 Å². The van der Waals surface area contributed by atoms with Crippen molar-refractivity contribution >= 4 is 62.3 Å². The van der Waals surface area contributed by atoms with E-state index < -0.39 is 28.5 Å². The van der Waals surface area contributed by atoms with Crippen LogP contribution in [0.25, 0.3) is 0 Å². The fourth-order valence-electron chi connectivity index (χ4n) is 4.98. The lowest BCUT2D eigenvalue weighted by Crippen LogP contribution is -2.53. The second-order valence-electron chi connectivity index (χ2n) is 10.9. The lowest BCUT2D eigenvalue weighted by atomic mass is 10.0. The SMILES string of the molecule is CCCCNC(=O)C(Cc1ccccc1)N(Cc1ccc(Cl)c(Cl)c1)C(=O)CN(c1cc(Cl)ccc1C)S(=O)(=O)c1ccccc1. The van der Waals surface area contributed by atoms with Crippen molar-refractivity contribution in [3.05, 3.63) is 129 Å². The topological polar surface area (TPSA) is 86.8 Å². The molecule has 0 aliphatic rings. The molecule has 0 saturated heterocycles. The molecule has 0 bridgehead atoms. The van der Waals surface area contributed by atoms with Gasteiger partial charge in [-0.15, -0.1) is 0 Å². The number of carbonyl (C=O) groups excluding carboxylic acids is 2. The normalized spacial score (nSPS) is 11.9. The number of hydrogen-bond acceptors (Lipinski definition) is 4. The highest BCUT2D eigenvalue weighted by molar-refractivity contribution is 7.92. The summed E-state index contributed by atoms with van der Waals surface area (Å²) in [6.45, 7) is 3.59. The summed E-state index contributed by atoms with van der Waals surface area (Å²) in [7, 11) is -4.24. The summed E-state index contributed by atoms with van der Waals surface area (Å²) < 4.78 is 29.4. The van der Waals surface area contributed by atoms with Crippen LogP contribution in [-0.2, 0) is 32.6 Å². The second kappa shape index (κ2) is 16.3. The summed E-state index contributed by atoms with van der Waals surface area (Å²) in [6, 6.07) is 26.1. The fourth-order valence-corrected chi connectivity index (χ4v) is 6.96. The summed E-state index contributed by atoms with van der Waals surface area (Å²) in [5.74, 6) is -0.932.